The Bertz CT molecular complexity index is 621. The molecule has 0 heterocycles. The zero-order chi connectivity index (χ0) is 14.9. The molecule has 0 amide bonds. The Morgan fingerprint density at radius 1 is 1.14 bits per heavy atom. The van der Waals surface area contributed by atoms with Crippen LogP contribution >= 0.6 is 0 Å². The average Bonchev–Trinajstić information content (AvgIpc) is 2.54. The van der Waals surface area contributed by atoms with Crippen LogP contribution in [0.1, 0.15) is 11.1 Å². The van der Waals surface area contributed by atoms with Crippen LogP contribution in [0.3, 0.4) is 0 Å². The molecule has 21 heavy (non-hydrogen) atoms. The van der Waals surface area contributed by atoms with Crippen molar-refractivity contribution < 1.29 is 14.7 Å². The van der Waals surface area contributed by atoms with Crippen molar-refractivity contribution in [2.75, 3.05) is 7.11 Å². The normalized spacial score (nSPS) is 11.1. The van der Waals surface area contributed by atoms with Crippen molar-refractivity contribution in [2.24, 2.45) is 5.16 Å². The molecule has 4 nitrogen and oxygen atoms in total. The molecule has 0 fully saturated rings. The molecule has 0 aliphatic heterocycles. The second-order valence-corrected chi connectivity index (χ2v) is 4.30. The Kier molecular flexibility index (Phi) is 5.41. The van der Waals surface area contributed by atoms with Crippen LogP contribution in [0.25, 0.3) is 6.08 Å². The minimum absolute atomic E-state index is 0.488. The van der Waals surface area contributed by atoms with Crippen molar-refractivity contribution in [2.45, 2.75) is 6.61 Å². The summed E-state index contributed by atoms with van der Waals surface area (Å²) in [6, 6.07) is 15.5. The van der Waals surface area contributed by atoms with E-state index in [1.807, 2.05) is 48.5 Å². The molecule has 0 saturated carbocycles. The zero-order valence-corrected chi connectivity index (χ0v) is 11.8. The lowest BCUT2D eigenvalue weighted by atomic mass is 10.1. The van der Waals surface area contributed by atoms with Crippen LogP contribution in [0.4, 0.5) is 0 Å². The molecule has 0 bridgehead atoms. The third kappa shape index (κ3) is 4.38. The molecular weight excluding hydrogens is 266 g/mol. The smallest absolute Gasteiger partial charge is 0.127 e. The van der Waals surface area contributed by atoms with Gasteiger partial charge in [-0.2, -0.15) is 0 Å². The van der Waals surface area contributed by atoms with Crippen molar-refractivity contribution in [3.8, 4) is 11.5 Å². The fourth-order valence-corrected chi connectivity index (χ4v) is 1.84. The maximum atomic E-state index is 8.43. The monoisotopic (exact) mass is 283 g/mol. The largest absolute Gasteiger partial charge is 0.497 e. The molecule has 108 valence electrons. The van der Waals surface area contributed by atoms with Gasteiger partial charge in [0.05, 0.1) is 13.3 Å². The van der Waals surface area contributed by atoms with E-state index >= 15 is 0 Å². The molecule has 0 aliphatic carbocycles. The van der Waals surface area contributed by atoms with Crippen LogP contribution in [0.15, 0.2) is 59.8 Å². The Hall–Kier alpha value is -2.75. The summed E-state index contributed by atoms with van der Waals surface area (Å²) in [5.41, 5.74) is 1.95. The van der Waals surface area contributed by atoms with Crippen LogP contribution in [-0.2, 0) is 6.61 Å². The van der Waals surface area contributed by atoms with Crippen molar-refractivity contribution >= 4 is 12.3 Å². The summed E-state index contributed by atoms with van der Waals surface area (Å²) in [6.07, 6.45) is 4.72. The van der Waals surface area contributed by atoms with E-state index in [9.17, 15) is 0 Å². The van der Waals surface area contributed by atoms with Gasteiger partial charge < -0.3 is 14.7 Å². The Labute approximate surface area is 123 Å². The first kappa shape index (κ1) is 14.7. The number of hydrogen-bond donors (Lipinski definition) is 1. The first-order valence-corrected chi connectivity index (χ1v) is 6.52. The van der Waals surface area contributed by atoms with Crippen molar-refractivity contribution in [3.63, 3.8) is 0 Å². The number of benzene rings is 2. The van der Waals surface area contributed by atoms with Crippen LogP contribution in [0, 0.1) is 0 Å². The van der Waals surface area contributed by atoms with Crippen LogP contribution in [0.5, 0.6) is 11.5 Å². The summed E-state index contributed by atoms with van der Waals surface area (Å²) in [5.74, 6) is 1.48. The Morgan fingerprint density at radius 3 is 2.67 bits per heavy atom. The SMILES string of the molecule is COc1ccc(OCc2ccccc2)c(/C=C/C=N/O)c1. The number of methoxy groups -OCH3 is 1. The van der Waals surface area contributed by atoms with Crippen LogP contribution in [0.2, 0.25) is 0 Å². The lowest BCUT2D eigenvalue weighted by Gasteiger charge is -2.11. The predicted molar refractivity (Wildman–Crippen MR) is 83.1 cm³/mol. The summed E-state index contributed by atoms with van der Waals surface area (Å²) < 4.78 is 11.0. The first-order chi connectivity index (χ1) is 10.3. The Morgan fingerprint density at radius 2 is 1.95 bits per heavy atom. The van der Waals surface area contributed by atoms with Gasteiger partial charge in [-0.1, -0.05) is 35.5 Å². The van der Waals surface area contributed by atoms with E-state index in [0.717, 1.165) is 22.6 Å². The average molecular weight is 283 g/mol. The van der Waals surface area contributed by atoms with Gasteiger partial charge in [-0.25, -0.2) is 0 Å². The third-order valence-electron chi connectivity index (χ3n) is 2.88. The molecular formula is C17H17NO3. The standard InChI is InChI=1S/C17H17NO3/c1-20-16-9-10-17(15(12-16)8-5-11-18-19)21-13-14-6-3-2-4-7-14/h2-12,19H,13H2,1H3/b8-5+,18-11+. The van der Waals surface area contributed by atoms with Gasteiger partial charge in [-0.3, -0.25) is 0 Å². The lowest BCUT2D eigenvalue weighted by Crippen LogP contribution is -1.97. The molecule has 1 N–H and O–H groups in total. The minimum atomic E-state index is 0.488. The van der Waals surface area contributed by atoms with Gasteiger partial charge in [0.2, 0.25) is 0 Å². The fourth-order valence-electron chi connectivity index (χ4n) is 1.84. The van der Waals surface area contributed by atoms with Gasteiger partial charge in [-0.05, 0) is 35.9 Å². The van der Waals surface area contributed by atoms with E-state index in [4.69, 9.17) is 14.7 Å². The van der Waals surface area contributed by atoms with E-state index in [2.05, 4.69) is 5.16 Å². The summed E-state index contributed by atoms with van der Waals surface area (Å²) in [7, 11) is 1.61. The second kappa shape index (κ2) is 7.75. The molecule has 2 aromatic carbocycles. The van der Waals surface area contributed by atoms with Gasteiger partial charge in [0.1, 0.15) is 18.1 Å². The molecule has 0 aliphatic rings. The zero-order valence-electron chi connectivity index (χ0n) is 11.8. The van der Waals surface area contributed by atoms with Crippen LogP contribution in [-0.4, -0.2) is 18.5 Å². The van der Waals surface area contributed by atoms with Crippen LogP contribution < -0.4 is 9.47 Å². The molecule has 4 heteroatoms. The maximum absolute atomic E-state index is 8.43. The molecule has 0 saturated heterocycles. The molecule has 2 rings (SSSR count). The Balaban J connectivity index is 2.17. The lowest BCUT2D eigenvalue weighted by molar-refractivity contribution is 0.305. The minimum Gasteiger partial charge on any atom is -0.497 e. The van der Waals surface area contributed by atoms with Crippen molar-refractivity contribution in [3.05, 3.63) is 65.7 Å². The van der Waals surface area contributed by atoms with Gasteiger partial charge in [0, 0.05) is 5.56 Å². The summed E-state index contributed by atoms with van der Waals surface area (Å²) in [6.45, 7) is 0.488. The molecule has 0 unspecified atom stereocenters. The number of oxime groups is 1. The van der Waals surface area contributed by atoms with Gasteiger partial charge in [0.15, 0.2) is 0 Å². The molecule has 0 radical (unpaired) electrons. The van der Waals surface area contributed by atoms with E-state index in [1.54, 1.807) is 19.3 Å². The first-order valence-electron chi connectivity index (χ1n) is 6.52. The van der Waals surface area contributed by atoms with E-state index in [1.165, 1.54) is 6.21 Å². The summed E-state index contributed by atoms with van der Waals surface area (Å²) in [4.78, 5) is 0. The number of hydrogen-bond acceptors (Lipinski definition) is 4. The van der Waals surface area contributed by atoms with Crippen molar-refractivity contribution in [1.29, 1.82) is 0 Å². The number of nitrogens with zero attached hydrogens (tertiary/aromatic N) is 1. The van der Waals surface area contributed by atoms with Gasteiger partial charge in [0.25, 0.3) is 0 Å². The predicted octanol–water partition coefficient (Wildman–Crippen LogP) is 3.75. The number of rotatable bonds is 6. The fraction of sp³-hybridized carbons (Fsp3) is 0.118. The third-order valence-corrected chi connectivity index (χ3v) is 2.88. The van der Waals surface area contributed by atoms with Gasteiger partial charge >= 0.3 is 0 Å². The highest BCUT2D eigenvalue weighted by molar-refractivity contribution is 5.79. The number of allylic oxidation sites excluding steroid dienone is 1. The topological polar surface area (TPSA) is 51.0 Å². The highest BCUT2D eigenvalue weighted by Crippen LogP contribution is 2.26. The molecule has 0 aromatic heterocycles. The van der Waals surface area contributed by atoms with E-state index in [-0.39, 0.29) is 0 Å². The molecule has 0 atom stereocenters. The molecule has 0 spiro atoms. The van der Waals surface area contributed by atoms with E-state index in [0.29, 0.717) is 6.61 Å². The number of ether oxygens (including phenoxy) is 2. The highest BCUT2D eigenvalue weighted by atomic mass is 16.5. The highest BCUT2D eigenvalue weighted by Gasteiger charge is 2.03. The molecule has 2 aromatic rings. The maximum Gasteiger partial charge on any atom is 0.127 e. The summed E-state index contributed by atoms with van der Waals surface area (Å²) in [5, 5.41) is 11.4. The van der Waals surface area contributed by atoms with E-state index < -0.39 is 0 Å². The quantitative estimate of drug-likeness (QED) is 0.499. The summed E-state index contributed by atoms with van der Waals surface area (Å²) >= 11 is 0. The van der Waals surface area contributed by atoms with Gasteiger partial charge in [-0.15, -0.1) is 0 Å². The second-order valence-electron chi connectivity index (χ2n) is 4.30. The van der Waals surface area contributed by atoms with Crippen molar-refractivity contribution in [1.82, 2.24) is 0 Å².